The minimum absolute atomic E-state index is 0.0148. The maximum absolute atomic E-state index is 12.0. The monoisotopic (exact) mass is 292 g/mol. The molecule has 1 aromatic rings. The number of carbonyl (C=O) groups excluding carboxylic acids is 1. The number of ether oxygens (including phenoxy) is 1. The van der Waals surface area contributed by atoms with E-state index in [9.17, 15) is 4.79 Å². The van der Waals surface area contributed by atoms with Crippen LogP contribution in [0.5, 0.6) is 5.75 Å². The smallest absolute Gasteiger partial charge is 0.317 e. The van der Waals surface area contributed by atoms with Crippen molar-refractivity contribution in [3.8, 4) is 5.75 Å². The van der Waals surface area contributed by atoms with E-state index in [2.05, 4.69) is 10.2 Å². The number of nitrogens with zero attached hydrogens (tertiary/aromatic N) is 2. The number of amides is 2. The molecule has 0 unspecified atom stereocenters. The summed E-state index contributed by atoms with van der Waals surface area (Å²) in [7, 11) is 0. The van der Waals surface area contributed by atoms with Crippen molar-refractivity contribution in [2.24, 2.45) is 5.73 Å². The number of para-hydroxylation sites is 1. The van der Waals surface area contributed by atoms with Gasteiger partial charge in [0.05, 0.1) is 6.54 Å². The van der Waals surface area contributed by atoms with E-state index in [4.69, 9.17) is 10.5 Å². The topological polar surface area (TPSA) is 70.8 Å². The SMILES string of the molecule is NCCN1CCN(C(=O)NCCOc2ccccc2)CC1. The van der Waals surface area contributed by atoms with Crippen molar-refractivity contribution in [3.05, 3.63) is 30.3 Å². The van der Waals surface area contributed by atoms with Crippen LogP contribution in [0, 0.1) is 0 Å². The maximum Gasteiger partial charge on any atom is 0.317 e. The molecular formula is C15H24N4O2. The molecule has 0 bridgehead atoms. The van der Waals surface area contributed by atoms with Gasteiger partial charge in [0, 0.05) is 39.3 Å². The highest BCUT2D eigenvalue weighted by Crippen LogP contribution is 2.07. The first kappa shape index (κ1) is 15.6. The first-order chi connectivity index (χ1) is 10.3. The van der Waals surface area contributed by atoms with Crippen LogP contribution >= 0.6 is 0 Å². The highest BCUT2D eigenvalue weighted by Gasteiger charge is 2.19. The molecule has 21 heavy (non-hydrogen) atoms. The standard InChI is InChI=1S/C15H24N4O2/c16-6-8-18-9-11-19(12-10-18)15(20)17-7-13-21-14-4-2-1-3-5-14/h1-5H,6-13,16H2,(H,17,20). The molecule has 6 nitrogen and oxygen atoms in total. The summed E-state index contributed by atoms with van der Waals surface area (Å²) in [6.07, 6.45) is 0. The molecule has 1 heterocycles. The van der Waals surface area contributed by atoms with Crippen LogP contribution in [-0.2, 0) is 0 Å². The molecule has 116 valence electrons. The molecule has 1 aliphatic heterocycles. The predicted octanol–water partition coefficient (Wildman–Crippen LogP) is 0.351. The number of benzene rings is 1. The van der Waals surface area contributed by atoms with Gasteiger partial charge in [-0.2, -0.15) is 0 Å². The number of hydrogen-bond acceptors (Lipinski definition) is 4. The summed E-state index contributed by atoms with van der Waals surface area (Å²) in [6, 6.07) is 9.58. The second-order valence-corrected chi connectivity index (χ2v) is 5.01. The minimum atomic E-state index is -0.0148. The van der Waals surface area contributed by atoms with Crippen LogP contribution in [0.15, 0.2) is 30.3 Å². The summed E-state index contributed by atoms with van der Waals surface area (Å²) in [5.41, 5.74) is 5.53. The predicted molar refractivity (Wildman–Crippen MR) is 82.4 cm³/mol. The molecule has 0 saturated carbocycles. The van der Waals surface area contributed by atoms with Crippen molar-refractivity contribution in [1.29, 1.82) is 0 Å². The zero-order valence-corrected chi connectivity index (χ0v) is 12.3. The van der Waals surface area contributed by atoms with Gasteiger partial charge in [0.2, 0.25) is 0 Å². The van der Waals surface area contributed by atoms with Crippen molar-refractivity contribution in [3.63, 3.8) is 0 Å². The highest BCUT2D eigenvalue weighted by atomic mass is 16.5. The fourth-order valence-electron chi connectivity index (χ4n) is 2.31. The van der Waals surface area contributed by atoms with Gasteiger partial charge in [0.15, 0.2) is 0 Å². The molecule has 0 aliphatic carbocycles. The molecule has 1 aliphatic rings. The van der Waals surface area contributed by atoms with Gasteiger partial charge in [-0.15, -0.1) is 0 Å². The summed E-state index contributed by atoms with van der Waals surface area (Å²) in [5, 5.41) is 2.89. The second-order valence-electron chi connectivity index (χ2n) is 5.01. The molecule has 0 aromatic heterocycles. The third-order valence-corrected chi connectivity index (χ3v) is 3.50. The second kappa shape index (κ2) is 8.49. The van der Waals surface area contributed by atoms with Gasteiger partial charge in [-0.25, -0.2) is 4.79 Å². The van der Waals surface area contributed by atoms with Gasteiger partial charge < -0.3 is 20.7 Å². The largest absolute Gasteiger partial charge is 0.492 e. The van der Waals surface area contributed by atoms with Crippen molar-refractivity contribution < 1.29 is 9.53 Å². The van der Waals surface area contributed by atoms with Crippen molar-refractivity contribution in [2.75, 3.05) is 52.4 Å². The Morgan fingerprint density at radius 2 is 1.90 bits per heavy atom. The minimum Gasteiger partial charge on any atom is -0.492 e. The molecule has 1 saturated heterocycles. The van der Waals surface area contributed by atoms with Crippen LogP contribution < -0.4 is 15.8 Å². The third-order valence-electron chi connectivity index (χ3n) is 3.50. The number of carbonyl (C=O) groups is 1. The molecule has 3 N–H and O–H groups in total. The zero-order chi connectivity index (χ0) is 14.9. The zero-order valence-electron chi connectivity index (χ0n) is 12.3. The Hall–Kier alpha value is -1.79. The molecule has 6 heteroatoms. The van der Waals surface area contributed by atoms with E-state index in [-0.39, 0.29) is 6.03 Å². The normalized spacial score (nSPS) is 15.8. The molecule has 2 amide bonds. The number of hydrogen-bond donors (Lipinski definition) is 2. The Kier molecular flexibility index (Phi) is 6.30. The lowest BCUT2D eigenvalue weighted by Gasteiger charge is -2.34. The van der Waals surface area contributed by atoms with Gasteiger partial charge >= 0.3 is 6.03 Å². The third kappa shape index (κ3) is 5.24. The van der Waals surface area contributed by atoms with Crippen molar-refractivity contribution in [1.82, 2.24) is 15.1 Å². The van der Waals surface area contributed by atoms with E-state index in [1.54, 1.807) is 0 Å². The Morgan fingerprint density at radius 1 is 1.19 bits per heavy atom. The van der Waals surface area contributed by atoms with E-state index >= 15 is 0 Å². The summed E-state index contributed by atoms with van der Waals surface area (Å²) in [6.45, 7) is 5.86. The number of rotatable bonds is 6. The number of nitrogens with two attached hydrogens (primary N) is 1. The fraction of sp³-hybridized carbons (Fsp3) is 0.533. The van der Waals surface area contributed by atoms with Gasteiger partial charge in [0.1, 0.15) is 12.4 Å². The quantitative estimate of drug-likeness (QED) is 0.742. The van der Waals surface area contributed by atoms with Crippen LogP contribution in [0.2, 0.25) is 0 Å². The Labute approximate surface area is 125 Å². The van der Waals surface area contributed by atoms with Crippen LogP contribution in [0.4, 0.5) is 4.79 Å². The average Bonchev–Trinajstić information content (AvgIpc) is 2.53. The van der Waals surface area contributed by atoms with E-state index < -0.39 is 0 Å². The first-order valence-corrected chi connectivity index (χ1v) is 7.42. The fourth-order valence-corrected chi connectivity index (χ4v) is 2.31. The molecule has 0 radical (unpaired) electrons. The number of nitrogens with one attached hydrogen (secondary N) is 1. The lowest BCUT2D eigenvalue weighted by Crippen LogP contribution is -2.52. The van der Waals surface area contributed by atoms with Gasteiger partial charge in [-0.05, 0) is 12.1 Å². The molecule has 1 fully saturated rings. The van der Waals surface area contributed by atoms with Crippen LogP contribution in [0.3, 0.4) is 0 Å². The molecule has 2 rings (SSSR count). The van der Waals surface area contributed by atoms with Crippen molar-refractivity contribution in [2.45, 2.75) is 0 Å². The Balaban J connectivity index is 1.60. The van der Waals surface area contributed by atoms with Crippen LogP contribution in [-0.4, -0.2) is 68.3 Å². The summed E-state index contributed by atoms with van der Waals surface area (Å²) < 4.78 is 5.54. The number of piperazine rings is 1. The lowest BCUT2D eigenvalue weighted by atomic mass is 10.3. The Morgan fingerprint density at radius 3 is 2.57 bits per heavy atom. The van der Waals surface area contributed by atoms with Crippen molar-refractivity contribution >= 4 is 6.03 Å². The van der Waals surface area contributed by atoms with E-state index in [1.807, 2.05) is 35.2 Å². The first-order valence-electron chi connectivity index (χ1n) is 7.42. The van der Waals surface area contributed by atoms with Crippen LogP contribution in [0.1, 0.15) is 0 Å². The van der Waals surface area contributed by atoms with Gasteiger partial charge in [-0.3, -0.25) is 4.90 Å². The molecule has 1 aromatic carbocycles. The van der Waals surface area contributed by atoms with Crippen LogP contribution in [0.25, 0.3) is 0 Å². The van der Waals surface area contributed by atoms with E-state index in [0.29, 0.717) is 19.7 Å². The summed E-state index contributed by atoms with van der Waals surface area (Å²) in [4.78, 5) is 16.1. The Bertz CT molecular complexity index is 419. The van der Waals surface area contributed by atoms with Gasteiger partial charge in [0.25, 0.3) is 0 Å². The van der Waals surface area contributed by atoms with E-state index in [0.717, 1.165) is 38.5 Å². The summed E-state index contributed by atoms with van der Waals surface area (Å²) >= 11 is 0. The molecular weight excluding hydrogens is 268 g/mol. The highest BCUT2D eigenvalue weighted by molar-refractivity contribution is 5.74. The van der Waals surface area contributed by atoms with E-state index in [1.165, 1.54) is 0 Å². The van der Waals surface area contributed by atoms with Gasteiger partial charge in [-0.1, -0.05) is 18.2 Å². The average molecular weight is 292 g/mol. The molecule has 0 atom stereocenters. The number of urea groups is 1. The summed E-state index contributed by atoms with van der Waals surface area (Å²) in [5.74, 6) is 0.821. The molecule has 0 spiro atoms. The maximum atomic E-state index is 12.0. The lowest BCUT2D eigenvalue weighted by molar-refractivity contribution is 0.140.